The summed E-state index contributed by atoms with van der Waals surface area (Å²) in [6.45, 7) is 12.8. The molecule has 0 aromatic heterocycles. The Kier molecular flexibility index (Phi) is 11.1. The van der Waals surface area contributed by atoms with Crippen molar-refractivity contribution in [1.82, 2.24) is 4.90 Å². The van der Waals surface area contributed by atoms with Crippen LogP contribution < -0.4 is 0 Å². The van der Waals surface area contributed by atoms with E-state index in [0.29, 0.717) is 0 Å². The molecule has 1 aromatic rings. The molecule has 1 aromatic carbocycles. The molecule has 1 heteroatoms. The topological polar surface area (TPSA) is 3.24 Å². The van der Waals surface area contributed by atoms with Crippen LogP contribution in [0.3, 0.4) is 0 Å². The number of unbranched alkanes of at least 4 members (excludes halogenated alkanes) is 4. The van der Waals surface area contributed by atoms with Crippen LogP contribution in [0.4, 0.5) is 0 Å². The van der Waals surface area contributed by atoms with Gasteiger partial charge in [-0.2, -0.15) is 0 Å². The highest BCUT2D eigenvalue weighted by molar-refractivity contribution is 5.26. The molecule has 0 aliphatic rings. The summed E-state index contributed by atoms with van der Waals surface area (Å²) in [6, 6.07) is 10.1. The first-order valence-electron chi connectivity index (χ1n) is 9.88. The average Bonchev–Trinajstić information content (AvgIpc) is 2.54. The van der Waals surface area contributed by atoms with Gasteiger partial charge in [0.05, 0.1) is 0 Å². The lowest BCUT2D eigenvalue weighted by Gasteiger charge is -2.24. The van der Waals surface area contributed by atoms with E-state index in [-0.39, 0.29) is 0 Å². The Morgan fingerprint density at radius 1 is 1.00 bits per heavy atom. The summed E-state index contributed by atoms with van der Waals surface area (Å²) in [7, 11) is 0. The van der Waals surface area contributed by atoms with Gasteiger partial charge in [-0.3, -0.25) is 4.90 Å². The Hall–Kier alpha value is -0.820. The van der Waals surface area contributed by atoms with Crippen LogP contribution in [0.1, 0.15) is 83.8 Å². The second kappa shape index (κ2) is 12.6. The predicted octanol–water partition coefficient (Wildman–Crippen LogP) is 6.26. The average molecular weight is 317 g/mol. The molecule has 1 radical (unpaired) electrons. The fourth-order valence-corrected chi connectivity index (χ4v) is 3.00. The lowest BCUT2D eigenvalue weighted by atomic mass is 9.98. The molecule has 0 aliphatic carbocycles. The normalized spacial score (nSPS) is 11.6. The van der Waals surface area contributed by atoms with Crippen molar-refractivity contribution in [2.75, 3.05) is 13.1 Å². The molecule has 0 saturated heterocycles. The van der Waals surface area contributed by atoms with Gasteiger partial charge in [0.2, 0.25) is 0 Å². The summed E-state index contributed by atoms with van der Waals surface area (Å²) in [5.74, 6) is 0.765. The number of benzene rings is 1. The van der Waals surface area contributed by atoms with Gasteiger partial charge in [-0.25, -0.2) is 0 Å². The second-order valence-corrected chi connectivity index (χ2v) is 7.30. The smallest absolute Gasteiger partial charge is 0.0236 e. The maximum absolute atomic E-state index is 3.51. The highest BCUT2D eigenvalue weighted by Crippen LogP contribution is 2.17. The van der Waals surface area contributed by atoms with E-state index in [4.69, 9.17) is 0 Å². The summed E-state index contributed by atoms with van der Waals surface area (Å²) in [6.07, 6.45) is 10.4. The first-order valence-corrected chi connectivity index (χ1v) is 9.88. The van der Waals surface area contributed by atoms with Gasteiger partial charge in [-0.1, -0.05) is 71.6 Å². The Morgan fingerprint density at radius 3 is 2.22 bits per heavy atom. The summed E-state index contributed by atoms with van der Waals surface area (Å²) >= 11 is 0. The van der Waals surface area contributed by atoms with Crippen molar-refractivity contribution >= 4 is 0 Å². The van der Waals surface area contributed by atoms with Gasteiger partial charge < -0.3 is 0 Å². The lowest BCUT2D eigenvalue weighted by Crippen LogP contribution is -2.26. The molecule has 23 heavy (non-hydrogen) atoms. The summed E-state index contributed by atoms with van der Waals surface area (Å²) in [4.78, 5) is 2.67. The van der Waals surface area contributed by atoms with E-state index in [1.807, 2.05) is 0 Å². The molecule has 0 heterocycles. The fraction of sp³-hybridized carbons (Fsp3) is 0.727. The van der Waals surface area contributed by atoms with Gasteiger partial charge in [0.1, 0.15) is 0 Å². The van der Waals surface area contributed by atoms with Crippen molar-refractivity contribution in [3.8, 4) is 0 Å². The Labute approximate surface area is 145 Å². The maximum atomic E-state index is 3.51. The van der Waals surface area contributed by atoms with Gasteiger partial charge in [-0.15, -0.1) is 0 Å². The van der Waals surface area contributed by atoms with Gasteiger partial charge in [0, 0.05) is 6.54 Å². The quantitative estimate of drug-likeness (QED) is 0.388. The largest absolute Gasteiger partial charge is 0.299 e. The molecule has 0 fully saturated rings. The van der Waals surface area contributed by atoms with E-state index in [0.717, 1.165) is 12.5 Å². The lowest BCUT2D eigenvalue weighted by molar-refractivity contribution is 0.253. The molecule has 0 aliphatic heterocycles. The number of hydrogen-bond donors (Lipinski definition) is 0. The number of hydrogen-bond acceptors (Lipinski definition) is 1. The standard InChI is InChI=1S/C22H38N/c1-5-7-11-17-23(18-12-8-6-2)19-22-14-10-9-13-21(22)16-15-20(3)4/h9-10,14,20H,5-8,11-12,15-19H2,1-4H3. The van der Waals surface area contributed by atoms with E-state index in [2.05, 4.69) is 56.9 Å². The van der Waals surface area contributed by atoms with Gasteiger partial charge in [-0.05, 0) is 61.9 Å². The monoisotopic (exact) mass is 316 g/mol. The van der Waals surface area contributed by atoms with Gasteiger partial charge >= 0.3 is 0 Å². The van der Waals surface area contributed by atoms with E-state index in [1.165, 1.54) is 75.6 Å². The van der Waals surface area contributed by atoms with Crippen molar-refractivity contribution in [3.63, 3.8) is 0 Å². The van der Waals surface area contributed by atoms with Crippen LogP contribution in [0.2, 0.25) is 0 Å². The molecule has 1 nitrogen and oxygen atoms in total. The van der Waals surface area contributed by atoms with E-state index in [1.54, 1.807) is 0 Å². The zero-order chi connectivity index (χ0) is 16.9. The van der Waals surface area contributed by atoms with Crippen LogP contribution in [0, 0.1) is 12.0 Å². The Morgan fingerprint density at radius 2 is 1.65 bits per heavy atom. The van der Waals surface area contributed by atoms with Crippen LogP contribution in [-0.4, -0.2) is 18.0 Å². The van der Waals surface area contributed by atoms with E-state index in [9.17, 15) is 0 Å². The molecular formula is C22H38N. The third-order valence-corrected chi connectivity index (χ3v) is 4.56. The van der Waals surface area contributed by atoms with Crippen molar-refractivity contribution in [2.24, 2.45) is 5.92 Å². The van der Waals surface area contributed by atoms with Gasteiger partial charge in [0.15, 0.2) is 0 Å². The summed E-state index contributed by atoms with van der Waals surface area (Å²) in [5.41, 5.74) is 2.94. The van der Waals surface area contributed by atoms with Gasteiger partial charge in [0.25, 0.3) is 0 Å². The van der Waals surface area contributed by atoms with Crippen molar-refractivity contribution in [2.45, 2.75) is 85.6 Å². The third-order valence-electron chi connectivity index (χ3n) is 4.56. The molecule has 0 amide bonds. The number of nitrogens with zero attached hydrogens (tertiary/aromatic N) is 1. The molecule has 131 valence electrons. The van der Waals surface area contributed by atoms with Crippen LogP contribution in [0.25, 0.3) is 0 Å². The van der Waals surface area contributed by atoms with Crippen LogP contribution in [0.5, 0.6) is 0 Å². The predicted molar refractivity (Wildman–Crippen MR) is 103 cm³/mol. The molecule has 1 rings (SSSR count). The number of rotatable bonds is 13. The van der Waals surface area contributed by atoms with Crippen molar-refractivity contribution in [3.05, 3.63) is 35.4 Å². The first kappa shape index (κ1) is 20.2. The van der Waals surface area contributed by atoms with Crippen LogP contribution >= 0.6 is 0 Å². The maximum Gasteiger partial charge on any atom is 0.0236 e. The highest BCUT2D eigenvalue weighted by atomic mass is 15.1. The SMILES string of the molecule is CCCCCN(CCCCC)Cc1ccc[c]c1CCC(C)C. The van der Waals surface area contributed by atoms with Crippen LogP contribution in [-0.2, 0) is 13.0 Å². The second-order valence-electron chi connectivity index (χ2n) is 7.30. The molecule has 0 saturated carbocycles. The summed E-state index contributed by atoms with van der Waals surface area (Å²) in [5, 5.41) is 0. The Bertz CT molecular complexity index is 387. The minimum Gasteiger partial charge on any atom is -0.299 e. The molecule has 0 N–H and O–H groups in total. The van der Waals surface area contributed by atoms with Crippen molar-refractivity contribution in [1.29, 1.82) is 0 Å². The molecule has 0 spiro atoms. The van der Waals surface area contributed by atoms with E-state index < -0.39 is 0 Å². The van der Waals surface area contributed by atoms with Crippen LogP contribution in [0.15, 0.2) is 18.2 Å². The fourth-order valence-electron chi connectivity index (χ4n) is 3.00. The minimum atomic E-state index is 0.765. The molecule has 0 atom stereocenters. The number of aryl methyl sites for hydroxylation is 1. The molecule has 0 bridgehead atoms. The Balaban J connectivity index is 2.64. The zero-order valence-corrected chi connectivity index (χ0v) is 16.0. The highest BCUT2D eigenvalue weighted by Gasteiger charge is 2.09. The third kappa shape index (κ3) is 9.15. The van der Waals surface area contributed by atoms with E-state index >= 15 is 0 Å². The summed E-state index contributed by atoms with van der Waals surface area (Å²) < 4.78 is 0. The zero-order valence-electron chi connectivity index (χ0n) is 16.0. The molecule has 0 unspecified atom stereocenters. The van der Waals surface area contributed by atoms with Crippen molar-refractivity contribution < 1.29 is 0 Å². The first-order chi connectivity index (χ1) is 11.2. The molecular weight excluding hydrogens is 278 g/mol. The minimum absolute atomic E-state index is 0.765.